The summed E-state index contributed by atoms with van der Waals surface area (Å²) in [4.78, 5) is 0. The molecular formula is C13H19NO3. The van der Waals surface area contributed by atoms with Gasteiger partial charge in [-0.15, -0.1) is 0 Å². The summed E-state index contributed by atoms with van der Waals surface area (Å²) in [6, 6.07) is 8.25. The highest BCUT2D eigenvalue weighted by Gasteiger charge is 2.16. The van der Waals surface area contributed by atoms with Gasteiger partial charge in [0.05, 0.1) is 25.9 Å². The lowest BCUT2D eigenvalue weighted by molar-refractivity contribution is -0.00598. The third-order valence-corrected chi connectivity index (χ3v) is 2.58. The van der Waals surface area contributed by atoms with Crippen LogP contribution in [0.4, 0.5) is 0 Å². The first-order chi connectivity index (χ1) is 8.40. The van der Waals surface area contributed by atoms with Crippen LogP contribution in [0, 0.1) is 0 Å². The molecule has 1 aliphatic rings. The predicted molar refractivity (Wildman–Crippen MR) is 65.7 cm³/mol. The monoisotopic (exact) mass is 237 g/mol. The largest absolute Gasteiger partial charge is 0.490 e. The van der Waals surface area contributed by atoms with E-state index in [1.165, 1.54) is 0 Å². The standard InChI is InChI=1S/C13H19NO3/c1-2-16-12-5-3-4-6-13(12)17-8-7-14-11-9-15-10-11/h3-6,11,14H,2,7-10H2,1H3. The van der Waals surface area contributed by atoms with Crippen molar-refractivity contribution in [1.29, 1.82) is 0 Å². The fraction of sp³-hybridized carbons (Fsp3) is 0.538. The smallest absolute Gasteiger partial charge is 0.161 e. The SMILES string of the molecule is CCOc1ccccc1OCCNC1COC1. The fourth-order valence-electron chi connectivity index (χ4n) is 1.62. The van der Waals surface area contributed by atoms with Crippen LogP contribution in [0.1, 0.15) is 6.92 Å². The van der Waals surface area contributed by atoms with E-state index < -0.39 is 0 Å². The van der Waals surface area contributed by atoms with Gasteiger partial charge in [0.1, 0.15) is 6.61 Å². The maximum atomic E-state index is 5.68. The first-order valence-electron chi connectivity index (χ1n) is 6.06. The lowest BCUT2D eigenvalue weighted by Crippen LogP contribution is -2.47. The topological polar surface area (TPSA) is 39.7 Å². The summed E-state index contributed by atoms with van der Waals surface area (Å²) >= 11 is 0. The highest BCUT2D eigenvalue weighted by atomic mass is 16.5. The van der Waals surface area contributed by atoms with Gasteiger partial charge >= 0.3 is 0 Å². The quantitative estimate of drug-likeness (QED) is 0.729. The summed E-state index contributed by atoms with van der Waals surface area (Å²) in [7, 11) is 0. The number of ether oxygens (including phenoxy) is 3. The molecular weight excluding hydrogens is 218 g/mol. The zero-order valence-corrected chi connectivity index (χ0v) is 10.1. The molecule has 1 saturated heterocycles. The van der Waals surface area contributed by atoms with Crippen molar-refractivity contribution in [3.05, 3.63) is 24.3 Å². The molecule has 1 aromatic rings. The van der Waals surface area contributed by atoms with Gasteiger partial charge in [0.2, 0.25) is 0 Å². The molecule has 1 aliphatic heterocycles. The number of benzene rings is 1. The van der Waals surface area contributed by atoms with Gasteiger partial charge < -0.3 is 19.5 Å². The van der Waals surface area contributed by atoms with Gasteiger partial charge in [0.25, 0.3) is 0 Å². The van der Waals surface area contributed by atoms with Crippen molar-refractivity contribution in [3.8, 4) is 11.5 Å². The first kappa shape index (κ1) is 12.2. The molecule has 0 unspecified atom stereocenters. The molecule has 1 N–H and O–H groups in total. The van der Waals surface area contributed by atoms with Crippen LogP contribution < -0.4 is 14.8 Å². The van der Waals surface area contributed by atoms with E-state index in [-0.39, 0.29) is 0 Å². The Hall–Kier alpha value is -1.26. The maximum Gasteiger partial charge on any atom is 0.161 e. The second kappa shape index (κ2) is 6.47. The second-order valence-electron chi connectivity index (χ2n) is 3.92. The van der Waals surface area contributed by atoms with Gasteiger partial charge in [0, 0.05) is 6.54 Å². The van der Waals surface area contributed by atoms with E-state index in [0.29, 0.717) is 19.3 Å². The molecule has 2 rings (SSSR count). The van der Waals surface area contributed by atoms with Crippen LogP contribution in [0.2, 0.25) is 0 Å². The molecule has 0 radical (unpaired) electrons. The Morgan fingerprint density at radius 3 is 2.53 bits per heavy atom. The van der Waals surface area contributed by atoms with E-state index in [4.69, 9.17) is 14.2 Å². The number of nitrogens with one attached hydrogen (secondary N) is 1. The summed E-state index contributed by atoms with van der Waals surface area (Å²) < 4.78 is 16.2. The number of hydrogen-bond donors (Lipinski definition) is 1. The summed E-state index contributed by atoms with van der Waals surface area (Å²) in [5.41, 5.74) is 0. The van der Waals surface area contributed by atoms with Gasteiger partial charge in [-0.25, -0.2) is 0 Å². The molecule has 0 aromatic heterocycles. The van der Waals surface area contributed by atoms with Gasteiger partial charge in [-0.05, 0) is 19.1 Å². The predicted octanol–water partition coefficient (Wildman–Crippen LogP) is 1.45. The molecule has 4 nitrogen and oxygen atoms in total. The summed E-state index contributed by atoms with van der Waals surface area (Å²) in [6.45, 7) is 5.72. The maximum absolute atomic E-state index is 5.68. The Morgan fingerprint density at radius 1 is 1.24 bits per heavy atom. The van der Waals surface area contributed by atoms with Crippen LogP contribution in [-0.2, 0) is 4.74 Å². The van der Waals surface area contributed by atoms with Crippen molar-refractivity contribution >= 4 is 0 Å². The average molecular weight is 237 g/mol. The van der Waals surface area contributed by atoms with Crippen molar-refractivity contribution in [2.24, 2.45) is 0 Å². The third kappa shape index (κ3) is 3.61. The first-order valence-corrected chi connectivity index (χ1v) is 6.06. The molecule has 4 heteroatoms. The molecule has 17 heavy (non-hydrogen) atoms. The molecule has 0 atom stereocenters. The minimum Gasteiger partial charge on any atom is -0.490 e. The molecule has 94 valence electrons. The Balaban J connectivity index is 1.73. The average Bonchev–Trinajstić information content (AvgIpc) is 2.29. The second-order valence-corrected chi connectivity index (χ2v) is 3.92. The zero-order valence-electron chi connectivity index (χ0n) is 10.1. The molecule has 1 fully saturated rings. The van der Waals surface area contributed by atoms with Gasteiger partial charge in [0.15, 0.2) is 11.5 Å². The van der Waals surface area contributed by atoms with Crippen molar-refractivity contribution in [2.75, 3.05) is 33.0 Å². The van der Waals surface area contributed by atoms with E-state index in [0.717, 1.165) is 31.3 Å². The van der Waals surface area contributed by atoms with Gasteiger partial charge in [-0.3, -0.25) is 0 Å². The third-order valence-electron chi connectivity index (χ3n) is 2.58. The lowest BCUT2D eigenvalue weighted by Gasteiger charge is -2.26. The molecule has 0 spiro atoms. The Labute approximate surface area is 102 Å². The van der Waals surface area contributed by atoms with Crippen LogP contribution in [0.15, 0.2) is 24.3 Å². The van der Waals surface area contributed by atoms with Crippen molar-refractivity contribution in [2.45, 2.75) is 13.0 Å². The van der Waals surface area contributed by atoms with E-state index >= 15 is 0 Å². The Morgan fingerprint density at radius 2 is 1.94 bits per heavy atom. The fourth-order valence-corrected chi connectivity index (χ4v) is 1.62. The van der Waals surface area contributed by atoms with Gasteiger partial charge in [-0.2, -0.15) is 0 Å². The highest BCUT2D eigenvalue weighted by molar-refractivity contribution is 5.39. The van der Waals surface area contributed by atoms with Crippen molar-refractivity contribution in [3.63, 3.8) is 0 Å². The zero-order chi connectivity index (χ0) is 11.9. The minimum absolute atomic E-state index is 0.501. The van der Waals surface area contributed by atoms with Crippen LogP contribution in [-0.4, -0.2) is 39.0 Å². The molecule has 0 amide bonds. The molecule has 0 aliphatic carbocycles. The molecule has 0 saturated carbocycles. The summed E-state index contributed by atoms with van der Waals surface area (Å²) in [5, 5.41) is 3.35. The minimum atomic E-state index is 0.501. The Bertz CT molecular complexity index is 339. The van der Waals surface area contributed by atoms with E-state index in [2.05, 4.69) is 5.32 Å². The summed E-state index contributed by atoms with van der Waals surface area (Å²) in [5.74, 6) is 1.61. The molecule has 0 bridgehead atoms. The molecule has 1 heterocycles. The van der Waals surface area contributed by atoms with Crippen molar-refractivity contribution in [1.82, 2.24) is 5.32 Å². The lowest BCUT2D eigenvalue weighted by atomic mass is 10.2. The van der Waals surface area contributed by atoms with Crippen LogP contribution >= 0.6 is 0 Å². The van der Waals surface area contributed by atoms with Crippen LogP contribution in [0.25, 0.3) is 0 Å². The Kier molecular flexibility index (Phi) is 4.64. The number of para-hydroxylation sites is 2. The summed E-state index contributed by atoms with van der Waals surface area (Å²) in [6.07, 6.45) is 0. The van der Waals surface area contributed by atoms with E-state index in [1.54, 1.807) is 0 Å². The number of rotatable bonds is 7. The van der Waals surface area contributed by atoms with E-state index in [1.807, 2.05) is 31.2 Å². The van der Waals surface area contributed by atoms with Crippen molar-refractivity contribution < 1.29 is 14.2 Å². The van der Waals surface area contributed by atoms with Crippen LogP contribution in [0.5, 0.6) is 11.5 Å². The molecule has 1 aromatic carbocycles. The number of hydrogen-bond acceptors (Lipinski definition) is 4. The normalized spacial score (nSPS) is 15.4. The van der Waals surface area contributed by atoms with Gasteiger partial charge in [-0.1, -0.05) is 12.1 Å². The highest BCUT2D eigenvalue weighted by Crippen LogP contribution is 2.25. The van der Waals surface area contributed by atoms with E-state index in [9.17, 15) is 0 Å². The van der Waals surface area contributed by atoms with Crippen LogP contribution in [0.3, 0.4) is 0 Å².